The molecule has 0 saturated carbocycles. The van der Waals surface area contributed by atoms with Gasteiger partial charge in [0, 0.05) is 5.92 Å². The number of benzene rings is 3. The molecule has 1 aliphatic carbocycles. The van der Waals surface area contributed by atoms with Crippen LogP contribution in [-0.2, 0) is 0 Å². The minimum absolute atomic E-state index is 0.466. The second-order valence-corrected chi connectivity index (χ2v) is 7.01. The lowest BCUT2D eigenvalue weighted by Gasteiger charge is -2.21. The zero-order valence-corrected chi connectivity index (χ0v) is 15.2. The first kappa shape index (κ1) is 16.6. The van der Waals surface area contributed by atoms with Crippen LogP contribution in [0.15, 0.2) is 103 Å². The highest BCUT2D eigenvalue weighted by atomic mass is 14.2. The predicted molar refractivity (Wildman–Crippen MR) is 112 cm³/mol. The SMILES string of the molecule is CC(C1=CC=C(c2ccccc2)CC1)c1ccc(-c2ccccc2)cc1. The number of hydrogen-bond acceptors (Lipinski definition) is 0. The van der Waals surface area contributed by atoms with Gasteiger partial charge in [-0.1, -0.05) is 110 Å². The lowest BCUT2D eigenvalue weighted by molar-refractivity contribution is 0.805. The average Bonchev–Trinajstić information content (AvgIpc) is 2.75. The summed E-state index contributed by atoms with van der Waals surface area (Å²) in [5.41, 5.74) is 8.28. The van der Waals surface area contributed by atoms with Crippen molar-refractivity contribution in [1.82, 2.24) is 0 Å². The molecule has 0 heterocycles. The molecule has 0 fully saturated rings. The molecular formula is C26H24. The van der Waals surface area contributed by atoms with E-state index in [1.807, 2.05) is 0 Å². The molecule has 0 N–H and O–H groups in total. The van der Waals surface area contributed by atoms with Crippen molar-refractivity contribution in [2.75, 3.05) is 0 Å². The van der Waals surface area contributed by atoms with E-state index in [9.17, 15) is 0 Å². The molecule has 0 heteroatoms. The summed E-state index contributed by atoms with van der Waals surface area (Å²) >= 11 is 0. The van der Waals surface area contributed by atoms with Gasteiger partial charge in [-0.25, -0.2) is 0 Å². The van der Waals surface area contributed by atoms with Gasteiger partial charge >= 0.3 is 0 Å². The van der Waals surface area contributed by atoms with Crippen LogP contribution in [0.1, 0.15) is 36.8 Å². The maximum atomic E-state index is 2.33. The summed E-state index contributed by atoms with van der Waals surface area (Å²) in [7, 11) is 0. The van der Waals surface area contributed by atoms with Gasteiger partial charge in [-0.15, -0.1) is 0 Å². The van der Waals surface area contributed by atoms with Crippen LogP contribution in [-0.4, -0.2) is 0 Å². The highest BCUT2D eigenvalue weighted by Gasteiger charge is 2.15. The quantitative estimate of drug-likeness (QED) is 0.470. The normalized spacial score (nSPS) is 15.1. The summed E-state index contributed by atoms with van der Waals surface area (Å²) in [5, 5.41) is 0. The van der Waals surface area contributed by atoms with E-state index in [-0.39, 0.29) is 0 Å². The molecule has 128 valence electrons. The van der Waals surface area contributed by atoms with E-state index in [4.69, 9.17) is 0 Å². The van der Waals surface area contributed by atoms with Gasteiger partial charge in [0.05, 0.1) is 0 Å². The molecule has 0 bridgehead atoms. The third-order valence-corrected chi connectivity index (χ3v) is 5.40. The topological polar surface area (TPSA) is 0 Å². The monoisotopic (exact) mass is 336 g/mol. The van der Waals surface area contributed by atoms with Crippen molar-refractivity contribution in [2.45, 2.75) is 25.7 Å². The number of hydrogen-bond donors (Lipinski definition) is 0. The summed E-state index contributed by atoms with van der Waals surface area (Å²) in [4.78, 5) is 0. The van der Waals surface area contributed by atoms with Gasteiger partial charge in [0.2, 0.25) is 0 Å². The fourth-order valence-electron chi connectivity index (χ4n) is 3.72. The summed E-state index contributed by atoms with van der Waals surface area (Å²) in [6.07, 6.45) is 6.91. The largest absolute Gasteiger partial charge is 0.0627 e. The maximum Gasteiger partial charge on any atom is 0.00230 e. The van der Waals surface area contributed by atoms with Crippen molar-refractivity contribution in [1.29, 1.82) is 0 Å². The summed E-state index contributed by atoms with van der Waals surface area (Å²) in [6.45, 7) is 2.32. The molecule has 26 heavy (non-hydrogen) atoms. The Morgan fingerprint density at radius 1 is 0.577 bits per heavy atom. The molecule has 0 aromatic heterocycles. The van der Waals surface area contributed by atoms with Crippen molar-refractivity contribution in [3.05, 3.63) is 114 Å². The van der Waals surface area contributed by atoms with E-state index in [0.717, 1.165) is 12.8 Å². The first-order valence-electron chi connectivity index (χ1n) is 9.42. The van der Waals surface area contributed by atoms with Gasteiger partial charge in [-0.3, -0.25) is 0 Å². The standard InChI is InChI=1S/C26H24/c1-20(21-12-16-25(17-13-21)23-8-4-2-5-9-23)22-14-18-26(19-15-22)24-10-6-3-7-11-24/h2-14,16-18,20H,15,19H2,1H3. The Labute approximate surface area is 156 Å². The molecule has 1 aliphatic rings. The Morgan fingerprint density at radius 2 is 1.15 bits per heavy atom. The van der Waals surface area contributed by atoms with E-state index in [1.165, 1.54) is 33.4 Å². The molecule has 0 nitrogen and oxygen atoms in total. The molecule has 1 unspecified atom stereocenters. The van der Waals surface area contributed by atoms with Crippen molar-refractivity contribution in [2.24, 2.45) is 0 Å². The molecule has 0 amide bonds. The first-order chi connectivity index (χ1) is 12.8. The van der Waals surface area contributed by atoms with Crippen LogP contribution in [0.4, 0.5) is 0 Å². The van der Waals surface area contributed by atoms with Gasteiger partial charge in [-0.05, 0) is 40.7 Å². The molecule has 0 spiro atoms. The predicted octanol–water partition coefficient (Wildman–Crippen LogP) is 7.26. The van der Waals surface area contributed by atoms with Crippen LogP contribution in [0.5, 0.6) is 0 Å². The maximum absolute atomic E-state index is 2.33. The van der Waals surface area contributed by atoms with Crippen LogP contribution in [0, 0.1) is 0 Å². The van der Waals surface area contributed by atoms with Gasteiger partial charge in [0.15, 0.2) is 0 Å². The number of rotatable bonds is 4. The lowest BCUT2D eigenvalue weighted by Crippen LogP contribution is -2.02. The van der Waals surface area contributed by atoms with Gasteiger partial charge in [-0.2, -0.15) is 0 Å². The zero-order valence-electron chi connectivity index (χ0n) is 15.2. The van der Waals surface area contributed by atoms with Gasteiger partial charge in [0.1, 0.15) is 0 Å². The van der Waals surface area contributed by atoms with E-state index >= 15 is 0 Å². The molecule has 0 radical (unpaired) electrons. The lowest BCUT2D eigenvalue weighted by atomic mass is 9.84. The van der Waals surface area contributed by atoms with Crippen molar-refractivity contribution >= 4 is 5.57 Å². The van der Waals surface area contributed by atoms with Crippen LogP contribution in [0.3, 0.4) is 0 Å². The molecule has 0 saturated heterocycles. The molecule has 1 atom stereocenters. The second-order valence-electron chi connectivity index (χ2n) is 7.01. The first-order valence-corrected chi connectivity index (χ1v) is 9.42. The van der Waals surface area contributed by atoms with E-state index < -0.39 is 0 Å². The minimum Gasteiger partial charge on any atom is -0.0627 e. The summed E-state index contributed by atoms with van der Waals surface area (Å²) < 4.78 is 0. The Hall–Kier alpha value is -2.86. The fourth-order valence-corrected chi connectivity index (χ4v) is 3.72. The van der Waals surface area contributed by atoms with Crippen LogP contribution in [0.2, 0.25) is 0 Å². The highest BCUT2D eigenvalue weighted by molar-refractivity contribution is 5.69. The van der Waals surface area contributed by atoms with E-state index in [1.54, 1.807) is 0 Å². The smallest absolute Gasteiger partial charge is 0.00230 e. The van der Waals surface area contributed by atoms with Crippen molar-refractivity contribution in [3.8, 4) is 11.1 Å². The second kappa shape index (κ2) is 7.58. The highest BCUT2D eigenvalue weighted by Crippen LogP contribution is 2.34. The molecule has 0 aliphatic heterocycles. The van der Waals surface area contributed by atoms with E-state index in [2.05, 4.69) is 104 Å². The Kier molecular flexibility index (Phi) is 4.84. The van der Waals surface area contributed by atoms with Crippen LogP contribution < -0.4 is 0 Å². The molecule has 3 aromatic carbocycles. The van der Waals surface area contributed by atoms with Gasteiger partial charge in [0.25, 0.3) is 0 Å². The van der Waals surface area contributed by atoms with Crippen molar-refractivity contribution in [3.63, 3.8) is 0 Å². The Bertz CT molecular complexity index is 913. The molecular weight excluding hydrogens is 312 g/mol. The third kappa shape index (κ3) is 3.55. The Balaban J connectivity index is 1.52. The minimum atomic E-state index is 0.466. The summed E-state index contributed by atoms with van der Waals surface area (Å²) in [5.74, 6) is 0.466. The van der Waals surface area contributed by atoms with Crippen molar-refractivity contribution < 1.29 is 0 Å². The van der Waals surface area contributed by atoms with Crippen LogP contribution in [0.25, 0.3) is 16.7 Å². The molecule has 4 rings (SSSR count). The Morgan fingerprint density at radius 3 is 1.73 bits per heavy atom. The van der Waals surface area contributed by atoms with E-state index in [0.29, 0.717) is 5.92 Å². The van der Waals surface area contributed by atoms with Gasteiger partial charge < -0.3 is 0 Å². The average molecular weight is 336 g/mol. The summed E-state index contributed by atoms with van der Waals surface area (Å²) in [6, 6.07) is 30.4. The van der Waals surface area contributed by atoms with Crippen LogP contribution >= 0.6 is 0 Å². The zero-order chi connectivity index (χ0) is 17.8. The fraction of sp³-hybridized carbons (Fsp3) is 0.154. The third-order valence-electron chi connectivity index (χ3n) is 5.40. The number of allylic oxidation sites excluding steroid dienone is 4. The molecule has 3 aromatic rings.